The molecular weight excluding hydrogens is 330 g/mol. The first-order chi connectivity index (χ1) is 12.6. The van der Waals surface area contributed by atoms with Crippen molar-refractivity contribution in [2.24, 2.45) is 7.05 Å². The Kier molecular flexibility index (Phi) is 4.72. The Balaban J connectivity index is 1.49. The highest BCUT2D eigenvalue weighted by molar-refractivity contribution is 5.89. The molecule has 7 nitrogen and oxygen atoms in total. The molecule has 2 aliphatic rings. The van der Waals surface area contributed by atoms with E-state index in [-0.39, 0.29) is 5.91 Å². The average molecular weight is 357 g/mol. The number of carbonyl (C=O) groups is 1. The molecule has 2 saturated heterocycles. The van der Waals surface area contributed by atoms with Crippen molar-refractivity contribution in [3.63, 3.8) is 0 Å². The maximum atomic E-state index is 13.4. The minimum Gasteiger partial charge on any atom is -0.472 e. The van der Waals surface area contributed by atoms with Crippen molar-refractivity contribution >= 4 is 11.7 Å². The summed E-state index contributed by atoms with van der Waals surface area (Å²) in [4.78, 5) is 17.8. The summed E-state index contributed by atoms with van der Waals surface area (Å²) in [5, 5.41) is 7.95. The molecule has 0 spiro atoms. The molecule has 0 aromatic carbocycles. The Labute approximate surface area is 153 Å². The van der Waals surface area contributed by atoms with Crippen molar-refractivity contribution in [1.29, 1.82) is 0 Å². The predicted molar refractivity (Wildman–Crippen MR) is 98.6 cm³/mol. The van der Waals surface area contributed by atoms with Gasteiger partial charge in [-0.25, -0.2) is 0 Å². The number of hydrogen-bond acceptors (Lipinski definition) is 5. The Bertz CT molecular complexity index is 725. The maximum Gasteiger partial charge on any atom is 0.248 e. The summed E-state index contributed by atoms with van der Waals surface area (Å²) < 4.78 is 6.94. The summed E-state index contributed by atoms with van der Waals surface area (Å²) >= 11 is 0. The molecule has 0 radical (unpaired) electrons. The third-order valence-electron chi connectivity index (χ3n) is 5.58. The minimum atomic E-state index is -0.550. The molecule has 2 fully saturated rings. The third-order valence-corrected chi connectivity index (χ3v) is 5.58. The molecule has 0 saturated carbocycles. The molecule has 140 valence electrons. The first-order valence-electron chi connectivity index (χ1n) is 9.45. The van der Waals surface area contributed by atoms with E-state index in [2.05, 4.69) is 15.3 Å². The van der Waals surface area contributed by atoms with Gasteiger partial charge in [0.2, 0.25) is 5.91 Å². The van der Waals surface area contributed by atoms with Crippen LogP contribution in [0.1, 0.15) is 31.2 Å². The predicted octanol–water partition coefficient (Wildman–Crippen LogP) is 2.08. The highest BCUT2D eigenvalue weighted by Crippen LogP contribution is 2.30. The minimum absolute atomic E-state index is 0.239. The van der Waals surface area contributed by atoms with E-state index >= 15 is 0 Å². The van der Waals surface area contributed by atoms with E-state index in [1.807, 2.05) is 30.3 Å². The van der Waals surface area contributed by atoms with Crippen molar-refractivity contribution in [3.05, 3.63) is 36.4 Å². The summed E-state index contributed by atoms with van der Waals surface area (Å²) in [5.41, 5.74) is 0.632. The highest BCUT2D eigenvalue weighted by atomic mass is 16.3. The van der Waals surface area contributed by atoms with Gasteiger partial charge in [-0.05, 0) is 31.7 Å². The van der Waals surface area contributed by atoms with Crippen molar-refractivity contribution < 1.29 is 9.21 Å². The lowest BCUT2D eigenvalue weighted by Crippen LogP contribution is -2.58. The largest absolute Gasteiger partial charge is 0.472 e. The number of nitrogens with one attached hydrogen (secondary N) is 1. The van der Waals surface area contributed by atoms with Gasteiger partial charge in [-0.2, -0.15) is 5.10 Å². The zero-order valence-corrected chi connectivity index (χ0v) is 15.4. The number of rotatable bonds is 5. The highest BCUT2D eigenvalue weighted by Gasteiger charge is 2.44. The van der Waals surface area contributed by atoms with Gasteiger partial charge in [0.05, 0.1) is 12.5 Å². The maximum absolute atomic E-state index is 13.4. The number of piperidine rings is 1. The molecular formula is C19H27N5O2. The Morgan fingerprint density at radius 1 is 1.23 bits per heavy atom. The summed E-state index contributed by atoms with van der Waals surface area (Å²) in [6, 6.07) is 3.94. The molecule has 2 aromatic rings. The quantitative estimate of drug-likeness (QED) is 0.887. The van der Waals surface area contributed by atoms with Gasteiger partial charge in [0, 0.05) is 57.6 Å². The zero-order chi connectivity index (χ0) is 18.0. The van der Waals surface area contributed by atoms with Crippen molar-refractivity contribution in [1.82, 2.24) is 19.6 Å². The van der Waals surface area contributed by atoms with E-state index in [4.69, 9.17) is 4.42 Å². The molecule has 4 heterocycles. The molecule has 1 N–H and O–H groups in total. The molecule has 7 heteroatoms. The fourth-order valence-corrected chi connectivity index (χ4v) is 4.08. The van der Waals surface area contributed by atoms with Gasteiger partial charge in [0.15, 0.2) is 0 Å². The normalized spacial score (nSPS) is 20.4. The summed E-state index contributed by atoms with van der Waals surface area (Å²) in [7, 11) is 1.90. The summed E-state index contributed by atoms with van der Waals surface area (Å²) in [5.74, 6) is 1.02. The lowest BCUT2D eigenvalue weighted by atomic mass is 9.85. The van der Waals surface area contributed by atoms with Crippen LogP contribution in [0.2, 0.25) is 0 Å². The van der Waals surface area contributed by atoms with E-state index in [1.54, 1.807) is 17.2 Å². The Morgan fingerprint density at radius 3 is 2.62 bits per heavy atom. The standard InChI is InChI=1S/C19H27N5O2/c1-22-10-4-17(21-22)20-19(18(25)24-8-2-3-9-24)6-11-23(12-7-19)14-16-5-13-26-15-16/h4-5,10,13,15H,2-3,6-9,11-12,14H2,1H3,(H,20,21). The second-order valence-electron chi connectivity index (χ2n) is 7.49. The van der Waals surface area contributed by atoms with Crippen LogP contribution in [0.5, 0.6) is 0 Å². The van der Waals surface area contributed by atoms with E-state index in [1.165, 1.54) is 5.56 Å². The van der Waals surface area contributed by atoms with Gasteiger partial charge in [-0.15, -0.1) is 0 Å². The molecule has 0 atom stereocenters. The van der Waals surface area contributed by atoms with Crippen LogP contribution < -0.4 is 5.32 Å². The number of furan rings is 1. The van der Waals surface area contributed by atoms with Crippen molar-refractivity contribution in [2.45, 2.75) is 37.8 Å². The Morgan fingerprint density at radius 2 is 2.00 bits per heavy atom. The van der Waals surface area contributed by atoms with Crippen LogP contribution in [-0.4, -0.2) is 57.2 Å². The number of aromatic nitrogens is 2. The topological polar surface area (TPSA) is 66.5 Å². The first-order valence-corrected chi connectivity index (χ1v) is 9.45. The van der Waals surface area contributed by atoms with E-state index in [0.717, 1.165) is 64.2 Å². The number of amides is 1. The molecule has 2 aromatic heterocycles. The molecule has 2 aliphatic heterocycles. The third kappa shape index (κ3) is 3.49. The monoisotopic (exact) mass is 357 g/mol. The van der Waals surface area contributed by atoms with Crippen LogP contribution in [0.4, 0.5) is 5.82 Å². The van der Waals surface area contributed by atoms with Crippen molar-refractivity contribution in [2.75, 3.05) is 31.5 Å². The molecule has 4 rings (SSSR count). The van der Waals surface area contributed by atoms with Gasteiger partial charge in [-0.3, -0.25) is 14.4 Å². The van der Waals surface area contributed by atoms with Crippen LogP contribution in [0.15, 0.2) is 35.3 Å². The Hall–Kier alpha value is -2.28. The molecule has 0 aliphatic carbocycles. The smallest absolute Gasteiger partial charge is 0.248 e. The van der Waals surface area contributed by atoms with E-state index < -0.39 is 5.54 Å². The van der Waals surface area contributed by atoms with E-state index in [0.29, 0.717) is 0 Å². The van der Waals surface area contributed by atoms with Crippen LogP contribution in [0.25, 0.3) is 0 Å². The number of aryl methyl sites for hydroxylation is 1. The SMILES string of the molecule is Cn1ccc(NC2(C(=O)N3CCCC3)CCN(Cc3ccoc3)CC2)n1. The second-order valence-corrected chi connectivity index (χ2v) is 7.49. The van der Waals surface area contributed by atoms with Gasteiger partial charge in [0.25, 0.3) is 0 Å². The van der Waals surface area contributed by atoms with Crippen molar-refractivity contribution in [3.8, 4) is 0 Å². The molecule has 26 heavy (non-hydrogen) atoms. The van der Waals surface area contributed by atoms with Crippen LogP contribution in [0.3, 0.4) is 0 Å². The number of likely N-dealkylation sites (tertiary alicyclic amines) is 2. The number of anilines is 1. The fraction of sp³-hybridized carbons (Fsp3) is 0.579. The van der Waals surface area contributed by atoms with Gasteiger partial charge >= 0.3 is 0 Å². The lowest BCUT2D eigenvalue weighted by Gasteiger charge is -2.43. The molecule has 0 bridgehead atoms. The molecule has 0 unspecified atom stereocenters. The number of carbonyl (C=O) groups excluding carboxylic acids is 1. The zero-order valence-electron chi connectivity index (χ0n) is 15.4. The van der Waals surface area contributed by atoms with Crippen LogP contribution >= 0.6 is 0 Å². The number of nitrogens with zero attached hydrogens (tertiary/aromatic N) is 4. The van der Waals surface area contributed by atoms with E-state index in [9.17, 15) is 4.79 Å². The number of hydrogen-bond donors (Lipinski definition) is 1. The molecule has 1 amide bonds. The second kappa shape index (κ2) is 7.15. The van der Waals surface area contributed by atoms with Gasteiger partial charge in [-0.1, -0.05) is 0 Å². The van der Waals surface area contributed by atoms with Crippen LogP contribution in [0, 0.1) is 0 Å². The fourth-order valence-electron chi connectivity index (χ4n) is 4.08. The summed E-state index contributed by atoms with van der Waals surface area (Å²) in [6.07, 6.45) is 9.21. The first kappa shape index (κ1) is 17.1. The lowest BCUT2D eigenvalue weighted by molar-refractivity contribution is -0.136. The average Bonchev–Trinajstić information content (AvgIpc) is 3.39. The summed E-state index contributed by atoms with van der Waals surface area (Å²) in [6.45, 7) is 4.38. The van der Waals surface area contributed by atoms with Crippen LogP contribution in [-0.2, 0) is 18.4 Å². The van der Waals surface area contributed by atoms with Gasteiger partial charge < -0.3 is 14.6 Å². The van der Waals surface area contributed by atoms with Gasteiger partial charge in [0.1, 0.15) is 11.4 Å².